The Hall–Kier alpha value is -3.56. The molecule has 0 saturated carbocycles. The van der Waals surface area contributed by atoms with Gasteiger partial charge in [-0.15, -0.1) is 0 Å². The first-order chi connectivity index (χ1) is 14.3. The van der Waals surface area contributed by atoms with Gasteiger partial charge in [-0.1, -0.05) is 54.3 Å². The molecular weight excluding hydrogens is 389 g/mol. The number of nitrogens with two attached hydrogens (primary N) is 1. The molecule has 1 atom stereocenters. The third-order valence-electron chi connectivity index (χ3n) is 4.43. The van der Waals surface area contributed by atoms with Crippen LogP contribution in [0.1, 0.15) is 16.7 Å². The van der Waals surface area contributed by atoms with Crippen LogP contribution in [-0.2, 0) is 5.54 Å². The molecule has 30 heavy (non-hydrogen) atoms. The highest BCUT2D eigenvalue weighted by Gasteiger charge is 2.52. The highest BCUT2D eigenvalue weighted by molar-refractivity contribution is 5.82. The van der Waals surface area contributed by atoms with Gasteiger partial charge in [0.1, 0.15) is 5.75 Å². The van der Waals surface area contributed by atoms with E-state index < -0.39 is 11.7 Å². The fraction of sp³-hybridized carbons (Fsp3) is 0.125. The Bertz CT molecular complexity index is 1060. The Labute approximate surface area is 173 Å². The minimum absolute atomic E-state index is 0.103. The molecule has 0 aliphatic carbocycles. The Morgan fingerprint density at radius 2 is 1.53 bits per heavy atom. The first-order valence-electron chi connectivity index (χ1n) is 9.04. The monoisotopic (exact) mass is 408 g/mol. The van der Waals surface area contributed by atoms with Crippen LogP contribution in [0.25, 0.3) is 0 Å². The molecule has 0 saturated heterocycles. The Morgan fingerprint density at radius 3 is 2.10 bits per heavy atom. The van der Waals surface area contributed by atoms with Crippen LogP contribution in [0, 0.1) is 11.8 Å². The summed E-state index contributed by atoms with van der Waals surface area (Å²) in [4.78, 5) is 4.35. The topological polar surface area (TPSA) is 47.6 Å². The summed E-state index contributed by atoms with van der Waals surface area (Å²) in [6, 6.07) is 21.2. The van der Waals surface area contributed by atoms with Crippen LogP contribution in [-0.4, -0.2) is 19.5 Å². The molecule has 3 rings (SSSR count). The van der Waals surface area contributed by atoms with Gasteiger partial charge in [0.15, 0.2) is 5.54 Å². The fourth-order valence-corrected chi connectivity index (χ4v) is 2.65. The number of methoxy groups -OCH3 is 1. The van der Waals surface area contributed by atoms with E-state index >= 15 is 0 Å². The van der Waals surface area contributed by atoms with Gasteiger partial charge < -0.3 is 10.5 Å². The molecule has 0 aliphatic rings. The summed E-state index contributed by atoms with van der Waals surface area (Å²) in [6.45, 7) is 0. The first-order valence-corrected chi connectivity index (χ1v) is 9.04. The molecule has 0 amide bonds. The van der Waals surface area contributed by atoms with Crippen molar-refractivity contribution in [3.63, 3.8) is 0 Å². The van der Waals surface area contributed by atoms with E-state index in [1.807, 2.05) is 12.1 Å². The normalized spacial score (nSPS) is 13.4. The highest BCUT2D eigenvalue weighted by Crippen LogP contribution is 2.36. The van der Waals surface area contributed by atoms with Gasteiger partial charge in [-0.3, -0.25) is 4.99 Å². The molecule has 1 unspecified atom stereocenters. The minimum Gasteiger partial charge on any atom is -0.497 e. The Morgan fingerprint density at radius 1 is 0.900 bits per heavy atom. The third-order valence-corrected chi connectivity index (χ3v) is 4.43. The minimum atomic E-state index is -4.72. The van der Waals surface area contributed by atoms with E-state index in [-0.39, 0.29) is 5.56 Å². The molecule has 6 heteroatoms. The van der Waals surface area contributed by atoms with Crippen LogP contribution >= 0.6 is 0 Å². The van der Waals surface area contributed by atoms with Crippen LogP contribution in [0.5, 0.6) is 5.75 Å². The van der Waals surface area contributed by atoms with Gasteiger partial charge in [0, 0.05) is 11.8 Å². The van der Waals surface area contributed by atoms with Gasteiger partial charge in [0.2, 0.25) is 0 Å². The molecule has 0 fully saturated rings. The molecular formula is C24H19F3N2O. The van der Waals surface area contributed by atoms with Crippen LogP contribution in [0.4, 0.5) is 18.9 Å². The lowest BCUT2D eigenvalue weighted by atomic mass is 9.90. The maximum atomic E-state index is 13.6. The van der Waals surface area contributed by atoms with Gasteiger partial charge in [-0.2, -0.15) is 13.2 Å². The Kier molecular flexibility index (Phi) is 6.24. The lowest BCUT2D eigenvalue weighted by Gasteiger charge is -2.26. The van der Waals surface area contributed by atoms with Crippen molar-refractivity contribution < 1.29 is 17.9 Å². The predicted octanol–water partition coefficient (Wildman–Crippen LogP) is 5.21. The van der Waals surface area contributed by atoms with Gasteiger partial charge >= 0.3 is 6.18 Å². The number of benzene rings is 3. The van der Waals surface area contributed by atoms with E-state index in [0.717, 1.165) is 17.0 Å². The van der Waals surface area contributed by atoms with Crippen molar-refractivity contribution in [1.82, 2.24) is 0 Å². The van der Waals surface area contributed by atoms with Crippen LogP contribution in [0.2, 0.25) is 0 Å². The molecule has 0 aliphatic heterocycles. The van der Waals surface area contributed by atoms with E-state index in [1.165, 1.54) is 24.3 Å². The van der Waals surface area contributed by atoms with E-state index in [9.17, 15) is 13.2 Å². The molecule has 0 spiro atoms. The predicted molar refractivity (Wildman–Crippen MR) is 112 cm³/mol. The number of rotatable bonds is 4. The first kappa shape index (κ1) is 21.2. The number of alkyl halides is 3. The van der Waals surface area contributed by atoms with Gasteiger partial charge in [-0.25, -0.2) is 0 Å². The second-order valence-electron chi connectivity index (χ2n) is 6.50. The second-order valence-corrected chi connectivity index (χ2v) is 6.50. The summed E-state index contributed by atoms with van der Waals surface area (Å²) in [5.41, 5.74) is 4.79. The summed E-state index contributed by atoms with van der Waals surface area (Å²) in [6.07, 6.45) is -3.06. The van der Waals surface area contributed by atoms with E-state index in [0.29, 0.717) is 5.56 Å². The molecule has 3 nitrogen and oxygen atoms in total. The van der Waals surface area contributed by atoms with Gasteiger partial charge in [0.25, 0.3) is 0 Å². The molecule has 0 heterocycles. The van der Waals surface area contributed by atoms with Crippen molar-refractivity contribution in [2.45, 2.75) is 11.7 Å². The number of halogens is 3. The molecule has 0 aromatic heterocycles. The number of nitrogens with zero attached hydrogens (tertiary/aromatic N) is 1. The molecule has 3 aromatic rings. The summed E-state index contributed by atoms with van der Waals surface area (Å²) < 4.78 is 45.9. The zero-order valence-corrected chi connectivity index (χ0v) is 16.1. The van der Waals surface area contributed by atoms with E-state index in [2.05, 4.69) is 16.8 Å². The van der Waals surface area contributed by atoms with Crippen LogP contribution in [0.15, 0.2) is 83.9 Å². The quantitative estimate of drug-likeness (QED) is 0.476. The maximum Gasteiger partial charge on any atom is 0.422 e. The standard InChI is InChI=1S/C24H19F3N2O/c1-30-22-13-11-21(12-14-22)29-17-19-9-7-18(8-10-19)15-16-23(28,24(25,26)27)20-5-3-2-4-6-20/h2-14,17H,28H2,1H3. The average Bonchev–Trinajstić information content (AvgIpc) is 2.77. The van der Waals surface area contributed by atoms with Gasteiger partial charge in [0.05, 0.1) is 12.8 Å². The number of hydrogen-bond acceptors (Lipinski definition) is 3. The molecule has 152 valence electrons. The zero-order valence-electron chi connectivity index (χ0n) is 16.1. The van der Waals surface area contributed by atoms with Crippen LogP contribution in [0.3, 0.4) is 0 Å². The Balaban J connectivity index is 1.79. The summed E-state index contributed by atoms with van der Waals surface area (Å²) >= 11 is 0. The van der Waals surface area contributed by atoms with E-state index in [1.54, 1.807) is 55.8 Å². The van der Waals surface area contributed by atoms with Crippen molar-refractivity contribution in [3.8, 4) is 17.6 Å². The lowest BCUT2D eigenvalue weighted by molar-refractivity contribution is -0.171. The van der Waals surface area contributed by atoms with Crippen molar-refractivity contribution in [3.05, 3.63) is 95.6 Å². The average molecular weight is 408 g/mol. The third kappa shape index (κ3) is 4.88. The van der Waals surface area contributed by atoms with Crippen molar-refractivity contribution in [2.24, 2.45) is 10.7 Å². The van der Waals surface area contributed by atoms with Crippen molar-refractivity contribution >= 4 is 11.9 Å². The second kappa shape index (κ2) is 8.85. The number of ether oxygens (including phenoxy) is 1. The maximum absolute atomic E-state index is 13.6. The molecule has 0 bridgehead atoms. The largest absolute Gasteiger partial charge is 0.497 e. The number of hydrogen-bond donors (Lipinski definition) is 1. The smallest absolute Gasteiger partial charge is 0.422 e. The SMILES string of the molecule is COc1ccc(N=Cc2ccc(C#CC(N)(c3ccccc3)C(F)(F)F)cc2)cc1. The van der Waals surface area contributed by atoms with E-state index in [4.69, 9.17) is 10.5 Å². The van der Waals surface area contributed by atoms with Crippen molar-refractivity contribution in [1.29, 1.82) is 0 Å². The zero-order chi connectivity index (χ0) is 21.6. The molecule has 3 aromatic carbocycles. The van der Waals surface area contributed by atoms with Crippen molar-refractivity contribution in [2.75, 3.05) is 7.11 Å². The fourth-order valence-electron chi connectivity index (χ4n) is 2.65. The van der Waals surface area contributed by atoms with Gasteiger partial charge in [-0.05, 0) is 47.5 Å². The number of aliphatic imine (C=N–C) groups is 1. The summed E-state index contributed by atoms with van der Waals surface area (Å²) in [5, 5.41) is 0. The summed E-state index contributed by atoms with van der Waals surface area (Å²) in [7, 11) is 1.59. The molecule has 2 N–H and O–H groups in total. The molecule has 0 radical (unpaired) electrons. The summed E-state index contributed by atoms with van der Waals surface area (Å²) in [5.74, 6) is 5.50. The highest BCUT2D eigenvalue weighted by atomic mass is 19.4. The lowest BCUT2D eigenvalue weighted by Crippen LogP contribution is -2.49. The van der Waals surface area contributed by atoms with Crippen LogP contribution < -0.4 is 10.5 Å².